The lowest BCUT2D eigenvalue weighted by Gasteiger charge is -2.32. The fourth-order valence-corrected chi connectivity index (χ4v) is 4.13. The van der Waals surface area contributed by atoms with Crippen molar-refractivity contribution in [1.29, 1.82) is 0 Å². The Kier molecular flexibility index (Phi) is 6.00. The summed E-state index contributed by atoms with van der Waals surface area (Å²) in [5.74, 6) is -2.83. The van der Waals surface area contributed by atoms with Gasteiger partial charge in [0.2, 0.25) is 3.78 Å². The van der Waals surface area contributed by atoms with Crippen molar-refractivity contribution in [3.8, 4) is 0 Å². The van der Waals surface area contributed by atoms with Crippen LogP contribution in [0.5, 0.6) is 0 Å². The highest BCUT2D eigenvalue weighted by molar-refractivity contribution is 9.10. The summed E-state index contributed by atoms with van der Waals surface area (Å²) >= 11 is 7.95. The van der Waals surface area contributed by atoms with Crippen LogP contribution in [0.2, 0.25) is 0 Å². The van der Waals surface area contributed by atoms with Gasteiger partial charge in [-0.2, -0.15) is 21.6 Å². The first-order chi connectivity index (χ1) is 10.7. The molecule has 1 rings (SSSR count). The minimum atomic E-state index is -5.03. The van der Waals surface area contributed by atoms with E-state index in [0.717, 1.165) is 0 Å². The van der Waals surface area contributed by atoms with E-state index >= 15 is 0 Å². The van der Waals surface area contributed by atoms with Crippen molar-refractivity contribution in [2.45, 2.75) is 56.3 Å². The van der Waals surface area contributed by atoms with Gasteiger partial charge in [-0.3, -0.25) is 8.98 Å². The summed E-state index contributed by atoms with van der Waals surface area (Å²) in [7, 11) is -4.27. The fourth-order valence-electron chi connectivity index (χ4n) is 2.75. The van der Waals surface area contributed by atoms with Gasteiger partial charge in [-0.1, -0.05) is 41.4 Å². The minimum absolute atomic E-state index is 0.619. The summed E-state index contributed by atoms with van der Waals surface area (Å²) in [4.78, 5) is 12.3. The third-order valence-electron chi connectivity index (χ3n) is 3.91. The summed E-state index contributed by atoms with van der Waals surface area (Å²) in [6, 6.07) is 0. The number of hydrogen-bond donors (Lipinski definition) is 0. The number of ether oxygens (including phenoxy) is 1. The third kappa shape index (κ3) is 5.23. The maximum Gasteiger partial charge on any atom is 0.420 e. The minimum Gasteiger partial charge on any atom is -0.460 e. The average molecular weight is 474 g/mol. The fraction of sp³-hybridized carbons (Fsp3) is 0.929. The van der Waals surface area contributed by atoms with Crippen molar-refractivity contribution in [3.63, 3.8) is 0 Å². The predicted octanol–water partition coefficient (Wildman–Crippen LogP) is 3.84. The van der Waals surface area contributed by atoms with Crippen molar-refractivity contribution in [2.75, 3.05) is 6.26 Å². The second-order valence-corrected chi connectivity index (χ2v) is 11.6. The molecule has 0 amide bonds. The molecule has 11 heteroatoms. The van der Waals surface area contributed by atoms with Crippen LogP contribution in [0.4, 0.5) is 13.2 Å². The zero-order valence-corrected chi connectivity index (χ0v) is 17.7. The molecule has 0 aliphatic heterocycles. The summed E-state index contributed by atoms with van der Waals surface area (Å²) in [6.07, 6.45) is -6.45. The van der Waals surface area contributed by atoms with Gasteiger partial charge in [-0.25, -0.2) is 0 Å². The van der Waals surface area contributed by atoms with Crippen LogP contribution in [0.25, 0.3) is 0 Å². The molecule has 0 aromatic carbocycles. The number of hydrogen-bond acceptors (Lipinski definition) is 5. The van der Waals surface area contributed by atoms with E-state index in [1.165, 1.54) is 13.8 Å². The molecule has 0 N–H and O–H groups in total. The highest BCUT2D eigenvalue weighted by Crippen LogP contribution is 2.65. The van der Waals surface area contributed by atoms with Gasteiger partial charge in [0.15, 0.2) is 0 Å². The number of halogens is 5. The molecule has 0 aromatic heterocycles. The maximum atomic E-state index is 13.3. The Morgan fingerprint density at radius 2 is 1.68 bits per heavy atom. The summed E-state index contributed by atoms with van der Waals surface area (Å²) in [5, 5.41) is 0. The Hall–Kier alpha value is -0.0600. The molecule has 1 aliphatic carbocycles. The number of alkyl halides is 5. The van der Waals surface area contributed by atoms with E-state index in [4.69, 9.17) is 16.3 Å². The largest absolute Gasteiger partial charge is 0.460 e. The molecule has 0 spiro atoms. The van der Waals surface area contributed by atoms with Gasteiger partial charge in [0.1, 0.15) is 11.7 Å². The van der Waals surface area contributed by atoms with Gasteiger partial charge in [-0.15, -0.1) is 0 Å². The number of carbonyl (C=O) groups is 1. The molecule has 148 valence electrons. The van der Waals surface area contributed by atoms with Crippen molar-refractivity contribution in [3.05, 3.63) is 0 Å². The number of carbonyl (C=O) groups excluding carboxylic acids is 1. The van der Waals surface area contributed by atoms with Crippen LogP contribution in [0.1, 0.15) is 34.6 Å². The molecule has 0 radical (unpaired) electrons. The number of rotatable bonds is 5. The second kappa shape index (κ2) is 6.53. The summed E-state index contributed by atoms with van der Waals surface area (Å²) < 4.78 is 69.7. The normalized spacial score (nSPS) is 27.3. The predicted molar refractivity (Wildman–Crippen MR) is 89.9 cm³/mol. The van der Waals surface area contributed by atoms with E-state index in [9.17, 15) is 26.4 Å². The van der Waals surface area contributed by atoms with Crippen LogP contribution in [0.15, 0.2) is 0 Å². The standard InChI is InChI=1S/C14H21BrClF3O5S/c1-11(2,3)23-10(20)8-7(12(8,4)5)9(24-25(6,21)22)13(15,16)14(17,18)19/h7-9H,1-6H3. The highest BCUT2D eigenvalue weighted by atomic mass is 79.9. The Morgan fingerprint density at radius 1 is 1.24 bits per heavy atom. The average Bonchev–Trinajstić information content (AvgIpc) is 2.83. The van der Waals surface area contributed by atoms with Gasteiger partial charge in [0.05, 0.1) is 12.2 Å². The van der Waals surface area contributed by atoms with E-state index in [0.29, 0.717) is 6.26 Å². The Balaban J connectivity index is 3.26. The first kappa shape index (κ1) is 23.0. The highest BCUT2D eigenvalue weighted by Gasteiger charge is 2.73. The maximum absolute atomic E-state index is 13.3. The molecule has 25 heavy (non-hydrogen) atoms. The van der Waals surface area contributed by atoms with Gasteiger partial charge in [0, 0.05) is 5.92 Å². The number of esters is 1. The third-order valence-corrected chi connectivity index (χ3v) is 5.80. The molecule has 0 bridgehead atoms. The molecule has 4 atom stereocenters. The van der Waals surface area contributed by atoms with Gasteiger partial charge in [0.25, 0.3) is 10.1 Å². The van der Waals surface area contributed by atoms with E-state index in [2.05, 4.69) is 20.1 Å². The molecule has 1 fully saturated rings. The van der Waals surface area contributed by atoms with Gasteiger partial charge in [-0.05, 0) is 26.2 Å². The van der Waals surface area contributed by atoms with Crippen molar-refractivity contribution in [2.24, 2.45) is 17.3 Å². The molecule has 4 unspecified atom stereocenters. The van der Waals surface area contributed by atoms with Crippen LogP contribution >= 0.6 is 27.5 Å². The summed E-state index contributed by atoms with van der Waals surface area (Å²) in [5.41, 5.74) is -1.83. The monoisotopic (exact) mass is 472 g/mol. The lowest BCUT2D eigenvalue weighted by atomic mass is 10.0. The van der Waals surface area contributed by atoms with Crippen molar-refractivity contribution >= 4 is 43.6 Å². The van der Waals surface area contributed by atoms with Crippen LogP contribution in [0, 0.1) is 17.3 Å². The first-order valence-corrected chi connectivity index (χ1v) is 10.3. The van der Waals surface area contributed by atoms with Crippen molar-refractivity contribution < 1.29 is 35.3 Å². The van der Waals surface area contributed by atoms with Crippen LogP contribution < -0.4 is 0 Å². The zero-order chi connectivity index (χ0) is 20.2. The van der Waals surface area contributed by atoms with Gasteiger partial charge < -0.3 is 4.74 Å². The smallest absolute Gasteiger partial charge is 0.420 e. The van der Waals surface area contributed by atoms with Gasteiger partial charge >= 0.3 is 12.1 Å². The quantitative estimate of drug-likeness (QED) is 0.345. The molecule has 0 saturated heterocycles. The second-order valence-electron chi connectivity index (χ2n) is 7.70. The van der Waals surface area contributed by atoms with E-state index in [1.54, 1.807) is 20.8 Å². The lowest BCUT2D eigenvalue weighted by molar-refractivity contribution is -0.162. The Morgan fingerprint density at radius 3 is 2.00 bits per heavy atom. The molecule has 1 saturated carbocycles. The SMILES string of the molecule is CC(C)(C)OC(=O)C1C(C(OS(C)(=O)=O)C(Cl)(Br)C(F)(F)F)C1(C)C. The van der Waals surface area contributed by atoms with Crippen LogP contribution in [0.3, 0.4) is 0 Å². The topological polar surface area (TPSA) is 69.7 Å². The Bertz CT molecular complexity index is 640. The molecule has 1 aliphatic rings. The zero-order valence-electron chi connectivity index (χ0n) is 14.6. The lowest BCUT2D eigenvalue weighted by Crippen LogP contribution is -2.49. The van der Waals surface area contributed by atoms with Crippen LogP contribution in [-0.2, 0) is 23.8 Å². The van der Waals surface area contributed by atoms with Crippen molar-refractivity contribution in [1.82, 2.24) is 0 Å². The van der Waals surface area contributed by atoms with E-state index in [-0.39, 0.29) is 0 Å². The van der Waals surface area contributed by atoms with E-state index < -0.39 is 55.0 Å². The molecule has 0 aromatic rings. The first-order valence-electron chi connectivity index (χ1n) is 7.27. The van der Waals surface area contributed by atoms with E-state index in [1.807, 2.05) is 0 Å². The Labute approximate surface area is 158 Å². The molecule has 5 nitrogen and oxygen atoms in total. The molecular formula is C14H21BrClF3O5S. The van der Waals surface area contributed by atoms with Crippen LogP contribution in [-0.4, -0.2) is 42.3 Å². The molecular weight excluding hydrogens is 453 g/mol. The summed E-state index contributed by atoms with van der Waals surface area (Å²) in [6.45, 7) is 7.91. The molecule has 0 heterocycles.